The van der Waals surface area contributed by atoms with E-state index in [-0.39, 0.29) is 6.42 Å². The summed E-state index contributed by atoms with van der Waals surface area (Å²) in [5, 5.41) is 8.82. The highest BCUT2D eigenvalue weighted by Gasteiger charge is 2.32. The first-order valence-corrected chi connectivity index (χ1v) is 11.1. The van der Waals surface area contributed by atoms with Gasteiger partial charge in [-0.1, -0.05) is 79.4 Å². The fourth-order valence-electron chi connectivity index (χ4n) is 2.77. The van der Waals surface area contributed by atoms with E-state index in [1.54, 1.807) is 0 Å². The van der Waals surface area contributed by atoms with Crippen molar-refractivity contribution in [2.75, 3.05) is 10.8 Å². The number of carboxylic acid groups (broad SMARTS) is 1. The van der Waals surface area contributed by atoms with Crippen LogP contribution in [0.4, 0.5) is 5.69 Å². The molecule has 0 aliphatic rings. The van der Waals surface area contributed by atoms with Crippen LogP contribution in [0.25, 0.3) is 0 Å². The third-order valence-electron chi connectivity index (χ3n) is 4.42. The Labute approximate surface area is 174 Å². The van der Waals surface area contributed by atoms with Crippen LogP contribution in [-0.2, 0) is 16.1 Å². The van der Waals surface area contributed by atoms with Crippen molar-refractivity contribution in [3.8, 4) is 0 Å². The number of hydrogen-bond donors (Lipinski definition) is 1. The summed E-state index contributed by atoms with van der Waals surface area (Å²) in [5.74, 6) is -1.19. The molecule has 27 heavy (non-hydrogen) atoms. The van der Waals surface area contributed by atoms with Crippen LogP contribution in [0.5, 0.6) is 0 Å². The quantitative estimate of drug-likeness (QED) is 0.241. The second-order valence-electron chi connectivity index (χ2n) is 6.74. The molecular formula is C19H28Cl2NO4S-. The normalized spacial score (nSPS) is 12.7. The van der Waals surface area contributed by atoms with Crippen LogP contribution in [0.1, 0.15) is 63.4 Å². The Hall–Kier alpha value is -0.820. The molecule has 8 heteroatoms. The number of aryl methyl sites for hydroxylation is 1. The molecule has 5 nitrogen and oxygen atoms in total. The van der Waals surface area contributed by atoms with Gasteiger partial charge in [0, 0.05) is 23.5 Å². The molecule has 1 aromatic carbocycles. The molecule has 0 aliphatic carbocycles. The predicted octanol–water partition coefficient (Wildman–Crippen LogP) is 5.36. The summed E-state index contributed by atoms with van der Waals surface area (Å²) in [6.07, 6.45) is 7.88. The van der Waals surface area contributed by atoms with Crippen LogP contribution in [0.3, 0.4) is 0 Å². The van der Waals surface area contributed by atoms with Gasteiger partial charge in [-0.3, -0.25) is 4.21 Å². The highest BCUT2D eigenvalue weighted by molar-refractivity contribution is 7.80. The number of halogens is 2. The zero-order valence-corrected chi connectivity index (χ0v) is 18.0. The van der Waals surface area contributed by atoms with E-state index in [9.17, 15) is 13.6 Å². The number of hydrogen-bond acceptors (Lipinski definition) is 3. The molecule has 1 unspecified atom stereocenters. The van der Waals surface area contributed by atoms with Crippen molar-refractivity contribution in [1.29, 1.82) is 0 Å². The van der Waals surface area contributed by atoms with Crippen molar-refractivity contribution >= 4 is 46.1 Å². The van der Waals surface area contributed by atoms with Gasteiger partial charge in [-0.05, 0) is 38.3 Å². The smallest absolute Gasteiger partial charge is 0.340 e. The van der Waals surface area contributed by atoms with E-state index < -0.39 is 21.6 Å². The Morgan fingerprint density at radius 3 is 2.00 bits per heavy atom. The second kappa shape index (κ2) is 12.6. The molecule has 0 heterocycles. The SMILES string of the molecule is Cc1ccc(N(CCCCCCCCCCC(Cl)(Cl)C(=O)O)S(=O)[O-])cc1. The molecule has 1 N–H and O–H groups in total. The minimum atomic E-state index is -2.26. The van der Waals surface area contributed by atoms with E-state index in [1.807, 2.05) is 31.2 Å². The lowest BCUT2D eigenvalue weighted by atomic mass is 10.1. The van der Waals surface area contributed by atoms with Gasteiger partial charge in [0.15, 0.2) is 0 Å². The Morgan fingerprint density at radius 2 is 1.52 bits per heavy atom. The number of rotatable bonds is 14. The van der Waals surface area contributed by atoms with Gasteiger partial charge in [0.05, 0.1) is 0 Å². The number of unbranched alkanes of at least 4 members (excludes halogenated alkanes) is 7. The Kier molecular flexibility index (Phi) is 11.3. The molecule has 0 saturated heterocycles. The highest BCUT2D eigenvalue weighted by atomic mass is 35.5. The summed E-state index contributed by atoms with van der Waals surface area (Å²) in [7, 11) is 0. The van der Waals surface area contributed by atoms with Crippen LogP contribution in [0.2, 0.25) is 0 Å². The van der Waals surface area contributed by atoms with Crippen molar-refractivity contribution in [3.63, 3.8) is 0 Å². The van der Waals surface area contributed by atoms with E-state index >= 15 is 0 Å². The number of benzene rings is 1. The molecule has 0 aromatic heterocycles. The lowest BCUT2D eigenvalue weighted by Crippen LogP contribution is -2.26. The Bertz CT molecular complexity index is 596. The number of aliphatic carboxylic acids is 1. The average Bonchev–Trinajstić information content (AvgIpc) is 2.60. The van der Waals surface area contributed by atoms with Crippen molar-refractivity contribution in [3.05, 3.63) is 29.8 Å². The lowest BCUT2D eigenvalue weighted by molar-refractivity contribution is -0.138. The number of carbonyl (C=O) groups is 1. The minimum Gasteiger partial charge on any atom is -0.755 e. The summed E-state index contributed by atoms with van der Waals surface area (Å²) in [5.41, 5.74) is 1.80. The van der Waals surface area contributed by atoms with Gasteiger partial charge in [-0.15, -0.1) is 0 Å². The number of anilines is 1. The van der Waals surface area contributed by atoms with Gasteiger partial charge in [-0.2, -0.15) is 0 Å². The molecular weight excluding hydrogens is 409 g/mol. The molecule has 0 saturated carbocycles. The standard InChI is InChI=1S/C19H29Cl2NO4S/c1-16-10-12-17(13-11-16)22(27(25)26)15-9-7-5-3-2-4-6-8-14-19(20,21)18(23)24/h10-13H,2-9,14-15H2,1H3,(H,23,24)(H,25,26)/p-1. The van der Waals surface area contributed by atoms with Crippen LogP contribution < -0.4 is 4.31 Å². The molecule has 0 spiro atoms. The van der Waals surface area contributed by atoms with Crippen molar-refractivity contribution in [1.82, 2.24) is 0 Å². The molecule has 1 rings (SSSR count). The molecule has 1 atom stereocenters. The van der Waals surface area contributed by atoms with Gasteiger partial charge >= 0.3 is 5.97 Å². The van der Waals surface area contributed by atoms with Gasteiger partial charge in [0.1, 0.15) is 0 Å². The average molecular weight is 437 g/mol. The maximum atomic E-state index is 11.4. The Balaban J connectivity index is 2.11. The molecule has 1 aromatic rings. The largest absolute Gasteiger partial charge is 0.755 e. The van der Waals surface area contributed by atoms with Crippen LogP contribution in [-0.4, -0.2) is 30.7 Å². The first kappa shape index (κ1) is 24.2. The van der Waals surface area contributed by atoms with Crippen molar-refractivity contribution in [2.45, 2.75) is 69.0 Å². The highest BCUT2D eigenvalue weighted by Crippen LogP contribution is 2.28. The van der Waals surface area contributed by atoms with Gasteiger partial charge in [0.25, 0.3) is 0 Å². The molecule has 0 amide bonds. The molecule has 0 bridgehead atoms. The fraction of sp³-hybridized carbons (Fsp3) is 0.632. The molecule has 0 aliphatic heterocycles. The monoisotopic (exact) mass is 436 g/mol. The van der Waals surface area contributed by atoms with E-state index in [4.69, 9.17) is 28.3 Å². The van der Waals surface area contributed by atoms with E-state index in [2.05, 4.69) is 0 Å². The first-order valence-electron chi connectivity index (χ1n) is 9.29. The summed E-state index contributed by atoms with van der Waals surface area (Å²) < 4.78 is 22.6. The zero-order valence-electron chi connectivity index (χ0n) is 15.7. The topological polar surface area (TPSA) is 80.7 Å². The molecule has 0 radical (unpaired) electrons. The summed E-state index contributed by atoms with van der Waals surface area (Å²) in [6.45, 7) is 2.46. The zero-order chi connectivity index (χ0) is 20.3. The van der Waals surface area contributed by atoms with Crippen LogP contribution in [0.15, 0.2) is 24.3 Å². The second-order valence-corrected chi connectivity index (χ2v) is 9.10. The van der Waals surface area contributed by atoms with Gasteiger partial charge in [-0.25, -0.2) is 4.79 Å². The van der Waals surface area contributed by atoms with Gasteiger partial charge in [0.2, 0.25) is 4.33 Å². The number of alkyl halides is 2. The van der Waals surface area contributed by atoms with Crippen molar-refractivity contribution < 1.29 is 18.7 Å². The van der Waals surface area contributed by atoms with Gasteiger partial charge < -0.3 is 14.0 Å². The molecule has 154 valence electrons. The lowest BCUT2D eigenvalue weighted by Gasteiger charge is -2.26. The van der Waals surface area contributed by atoms with E-state index in [0.717, 1.165) is 50.5 Å². The third kappa shape index (κ3) is 9.79. The minimum absolute atomic E-state index is 0.257. The number of nitrogens with zero attached hydrogens (tertiary/aromatic N) is 1. The van der Waals surface area contributed by atoms with Crippen LogP contribution >= 0.6 is 23.2 Å². The summed E-state index contributed by atoms with van der Waals surface area (Å²) in [4.78, 5) is 10.8. The number of carboxylic acids is 1. The third-order valence-corrected chi connectivity index (χ3v) is 5.87. The summed E-state index contributed by atoms with van der Waals surface area (Å²) >= 11 is 9.11. The van der Waals surface area contributed by atoms with E-state index in [1.165, 1.54) is 4.31 Å². The maximum Gasteiger partial charge on any atom is 0.340 e. The Morgan fingerprint density at radius 1 is 1.04 bits per heavy atom. The van der Waals surface area contributed by atoms with Crippen LogP contribution in [0, 0.1) is 6.92 Å². The molecule has 0 fully saturated rings. The predicted molar refractivity (Wildman–Crippen MR) is 111 cm³/mol. The maximum absolute atomic E-state index is 11.4. The summed E-state index contributed by atoms with van der Waals surface area (Å²) in [6, 6.07) is 7.46. The first-order chi connectivity index (χ1) is 12.7. The fourth-order valence-corrected chi connectivity index (χ4v) is 3.61. The van der Waals surface area contributed by atoms with Crippen molar-refractivity contribution in [2.24, 2.45) is 0 Å². The van der Waals surface area contributed by atoms with E-state index in [0.29, 0.717) is 18.7 Å².